The summed E-state index contributed by atoms with van der Waals surface area (Å²) in [7, 11) is 1.62. The number of aryl methyl sites for hydroxylation is 1. The standard InChI is InChI=1S/C14H22N2O3S/c1-9-4-5-11(7-17)6-16(9)14(18)13-10(2)15-12(20-13)8-19-3/h9,11,17H,4-8H2,1-3H3. The molecule has 1 fully saturated rings. The first-order chi connectivity index (χ1) is 9.56. The molecule has 2 rings (SSSR count). The van der Waals surface area contributed by atoms with Crippen molar-refractivity contribution < 1.29 is 14.6 Å². The van der Waals surface area contributed by atoms with Crippen LogP contribution in [0.2, 0.25) is 0 Å². The van der Waals surface area contributed by atoms with Gasteiger partial charge in [0.05, 0.1) is 12.3 Å². The van der Waals surface area contributed by atoms with Gasteiger partial charge in [0, 0.05) is 26.3 Å². The second-order valence-electron chi connectivity index (χ2n) is 5.39. The summed E-state index contributed by atoms with van der Waals surface area (Å²) < 4.78 is 5.07. The van der Waals surface area contributed by atoms with E-state index in [0.29, 0.717) is 18.0 Å². The Kier molecular flexibility index (Phi) is 5.12. The zero-order valence-corrected chi connectivity index (χ0v) is 13.1. The zero-order chi connectivity index (χ0) is 14.7. The molecule has 0 spiro atoms. The van der Waals surface area contributed by atoms with Crippen LogP contribution in [0.5, 0.6) is 0 Å². The average Bonchev–Trinajstić information content (AvgIpc) is 2.80. The third kappa shape index (κ3) is 3.19. The van der Waals surface area contributed by atoms with E-state index in [1.165, 1.54) is 11.3 Å². The number of hydrogen-bond acceptors (Lipinski definition) is 5. The molecule has 0 saturated carbocycles. The first-order valence-electron chi connectivity index (χ1n) is 6.93. The van der Waals surface area contributed by atoms with Crippen LogP contribution in [0, 0.1) is 12.8 Å². The third-order valence-electron chi connectivity index (χ3n) is 3.80. The van der Waals surface area contributed by atoms with Gasteiger partial charge < -0.3 is 14.7 Å². The van der Waals surface area contributed by atoms with E-state index in [4.69, 9.17) is 4.74 Å². The molecule has 1 aliphatic heterocycles. The predicted octanol–water partition coefficient (Wildman–Crippen LogP) is 1.83. The topological polar surface area (TPSA) is 62.7 Å². The van der Waals surface area contributed by atoms with E-state index in [1.807, 2.05) is 11.8 Å². The molecule has 1 aromatic heterocycles. The van der Waals surface area contributed by atoms with Crippen molar-refractivity contribution in [1.82, 2.24) is 9.88 Å². The lowest BCUT2D eigenvalue weighted by atomic mass is 9.94. The Morgan fingerprint density at radius 3 is 2.95 bits per heavy atom. The highest BCUT2D eigenvalue weighted by molar-refractivity contribution is 7.13. The largest absolute Gasteiger partial charge is 0.396 e. The lowest BCUT2D eigenvalue weighted by Gasteiger charge is -2.37. The van der Waals surface area contributed by atoms with E-state index in [0.717, 1.165) is 23.5 Å². The van der Waals surface area contributed by atoms with Crippen LogP contribution in [-0.4, -0.2) is 47.2 Å². The SMILES string of the molecule is COCc1nc(C)c(C(=O)N2CC(CO)CCC2C)s1. The van der Waals surface area contributed by atoms with Crippen LogP contribution in [0.4, 0.5) is 0 Å². The Bertz CT molecular complexity index is 475. The fraction of sp³-hybridized carbons (Fsp3) is 0.714. The normalized spacial score (nSPS) is 23.1. The molecule has 5 nitrogen and oxygen atoms in total. The molecule has 1 aliphatic rings. The number of nitrogens with zero attached hydrogens (tertiary/aromatic N) is 2. The van der Waals surface area contributed by atoms with Crippen molar-refractivity contribution in [3.63, 3.8) is 0 Å². The number of rotatable bonds is 4. The van der Waals surface area contributed by atoms with Gasteiger partial charge in [-0.2, -0.15) is 0 Å². The number of likely N-dealkylation sites (tertiary alicyclic amines) is 1. The highest BCUT2D eigenvalue weighted by Crippen LogP contribution is 2.27. The fourth-order valence-corrected chi connectivity index (χ4v) is 3.57. The van der Waals surface area contributed by atoms with E-state index >= 15 is 0 Å². The van der Waals surface area contributed by atoms with Crippen molar-refractivity contribution in [2.75, 3.05) is 20.3 Å². The first-order valence-corrected chi connectivity index (χ1v) is 7.75. The number of thiazole rings is 1. The molecule has 2 heterocycles. The highest BCUT2D eigenvalue weighted by atomic mass is 32.1. The predicted molar refractivity (Wildman–Crippen MR) is 77.9 cm³/mol. The monoisotopic (exact) mass is 298 g/mol. The van der Waals surface area contributed by atoms with E-state index in [9.17, 15) is 9.90 Å². The minimum atomic E-state index is 0.0352. The third-order valence-corrected chi connectivity index (χ3v) is 4.92. The van der Waals surface area contributed by atoms with Crippen molar-refractivity contribution in [2.24, 2.45) is 5.92 Å². The molecule has 1 amide bonds. The van der Waals surface area contributed by atoms with Gasteiger partial charge in [0.2, 0.25) is 0 Å². The summed E-state index contributed by atoms with van der Waals surface area (Å²) in [5.74, 6) is 0.231. The number of hydrogen-bond donors (Lipinski definition) is 1. The molecule has 1 aromatic rings. The summed E-state index contributed by atoms with van der Waals surface area (Å²) in [6.45, 7) is 5.15. The fourth-order valence-electron chi connectivity index (χ4n) is 2.58. The van der Waals surface area contributed by atoms with Crippen LogP contribution in [0.1, 0.15) is 40.1 Å². The minimum absolute atomic E-state index is 0.0352. The van der Waals surface area contributed by atoms with Gasteiger partial charge in [-0.1, -0.05) is 0 Å². The smallest absolute Gasteiger partial charge is 0.266 e. The molecule has 0 radical (unpaired) electrons. The molecule has 0 bridgehead atoms. The molecule has 0 aromatic carbocycles. The Labute approximate surface area is 123 Å². The lowest BCUT2D eigenvalue weighted by molar-refractivity contribution is 0.0492. The number of piperidine rings is 1. The van der Waals surface area contributed by atoms with Gasteiger partial charge in [0.1, 0.15) is 9.88 Å². The average molecular weight is 298 g/mol. The number of aliphatic hydroxyl groups excluding tert-OH is 1. The zero-order valence-electron chi connectivity index (χ0n) is 12.3. The Morgan fingerprint density at radius 1 is 1.55 bits per heavy atom. The number of amides is 1. The molecular formula is C14H22N2O3S. The number of carbonyl (C=O) groups is 1. The molecular weight excluding hydrogens is 276 g/mol. The van der Waals surface area contributed by atoms with Crippen LogP contribution < -0.4 is 0 Å². The Balaban J connectivity index is 2.16. The summed E-state index contributed by atoms with van der Waals surface area (Å²) in [5, 5.41) is 10.1. The number of aliphatic hydroxyl groups is 1. The summed E-state index contributed by atoms with van der Waals surface area (Å²) in [6, 6.07) is 0.220. The van der Waals surface area contributed by atoms with Crippen molar-refractivity contribution in [3.05, 3.63) is 15.6 Å². The van der Waals surface area contributed by atoms with Crippen LogP contribution >= 0.6 is 11.3 Å². The molecule has 6 heteroatoms. The number of ether oxygens (including phenoxy) is 1. The van der Waals surface area contributed by atoms with Gasteiger partial charge >= 0.3 is 0 Å². The number of aromatic nitrogens is 1. The second-order valence-corrected chi connectivity index (χ2v) is 6.47. The highest BCUT2D eigenvalue weighted by Gasteiger charge is 2.31. The van der Waals surface area contributed by atoms with Crippen LogP contribution in [0.15, 0.2) is 0 Å². The van der Waals surface area contributed by atoms with Crippen molar-refractivity contribution >= 4 is 17.2 Å². The maximum Gasteiger partial charge on any atom is 0.266 e. The van der Waals surface area contributed by atoms with Gasteiger partial charge in [-0.25, -0.2) is 4.98 Å². The van der Waals surface area contributed by atoms with Gasteiger partial charge in [0.15, 0.2) is 0 Å². The molecule has 20 heavy (non-hydrogen) atoms. The van der Waals surface area contributed by atoms with Crippen LogP contribution in [-0.2, 0) is 11.3 Å². The van der Waals surface area contributed by atoms with Gasteiger partial charge in [-0.15, -0.1) is 11.3 Å². The Morgan fingerprint density at radius 2 is 2.30 bits per heavy atom. The summed E-state index contributed by atoms with van der Waals surface area (Å²) in [6.07, 6.45) is 1.93. The van der Waals surface area contributed by atoms with Crippen molar-refractivity contribution in [2.45, 2.75) is 39.3 Å². The quantitative estimate of drug-likeness (QED) is 0.921. The van der Waals surface area contributed by atoms with Gasteiger partial charge in [-0.3, -0.25) is 4.79 Å². The summed E-state index contributed by atoms with van der Waals surface area (Å²) >= 11 is 1.41. The molecule has 0 aliphatic carbocycles. The molecule has 2 atom stereocenters. The van der Waals surface area contributed by atoms with E-state index < -0.39 is 0 Å². The summed E-state index contributed by atoms with van der Waals surface area (Å²) in [4.78, 5) is 19.6. The van der Waals surface area contributed by atoms with Crippen molar-refractivity contribution in [3.8, 4) is 0 Å². The maximum absolute atomic E-state index is 12.7. The van der Waals surface area contributed by atoms with E-state index in [2.05, 4.69) is 11.9 Å². The summed E-state index contributed by atoms with van der Waals surface area (Å²) in [5.41, 5.74) is 0.769. The van der Waals surface area contributed by atoms with E-state index in [-0.39, 0.29) is 24.5 Å². The van der Waals surface area contributed by atoms with Crippen molar-refractivity contribution in [1.29, 1.82) is 0 Å². The van der Waals surface area contributed by atoms with E-state index in [1.54, 1.807) is 7.11 Å². The van der Waals surface area contributed by atoms with Crippen LogP contribution in [0.3, 0.4) is 0 Å². The number of methoxy groups -OCH3 is 1. The lowest BCUT2D eigenvalue weighted by Crippen LogP contribution is -2.46. The second kappa shape index (κ2) is 6.65. The molecule has 1 saturated heterocycles. The molecule has 112 valence electrons. The van der Waals surface area contributed by atoms with Gasteiger partial charge in [0.25, 0.3) is 5.91 Å². The molecule has 1 N–H and O–H groups in total. The Hall–Kier alpha value is -0.980. The van der Waals surface area contributed by atoms with Crippen LogP contribution in [0.25, 0.3) is 0 Å². The van der Waals surface area contributed by atoms with Gasteiger partial charge in [-0.05, 0) is 32.6 Å². The molecule has 2 unspecified atom stereocenters. The number of carbonyl (C=O) groups excluding carboxylic acids is 1. The maximum atomic E-state index is 12.7. The minimum Gasteiger partial charge on any atom is -0.396 e. The first kappa shape index (κ1) is 15.4.